The molecule has 2 unspecified atom stereocenters. The largest absolute Gasteiger partial charge is 0.490 e. The quantitative estimate of drug-likeness (QED) is 0.331. The number of carbonyl (C=O) groups excluding carboxylic acids is 1. The second-order valence-electron chi connectivity index (χ2n) is 10.4. The van der Waals surface area contributed by atoms with E-state index in [2.05, 4.69) is 64.0 Å². The van der Waals surface area contributed by atoms with Crippen molar-refractivity contribution in [3.8, 4) is 0 Å². The van der Waals surface area contributed by atoms with Gasteiger partial charge in [0.05, 0.1) is 19.3 Å². The van der Waals surface area contributed by atoms with Crippen LogP contribution in [0.1, 0.15) is 53.5 Å². The summed E-state index contributed by atoms with van der Waals surface area (Å²) >= 11 is 0. The normalized spacial score (nSPS) is 16.7. The molecule has 0 bridgehead atoms. The standard InChI is InChI=1S/C29H42N2O3/c1-8-33-27-14-12-24(13-15-28(27)34-20-21(2)3)26(19-32)31-25-11-9-10-23(16-25)18-30-22(4)17-29(5,6)7/h9-16,19,21,24,26,30-31H,4,8,17-18,20H2,1-3,5-7H3. The van der Waals surface area contributed by atoms with E-state index in [1.807, 2.05) is 43.4 Å². The van der Waals surface area contributed by atoms with Crippen LogP contribution in [0.3, 0.4) is 0 Å². The van der Waals surface area contributed by atoms with Gasteiger partial charge in [0.15, 0.2) is 11.5 Å². The number of carbonyl (C=O) groups is 1. The van der Waals surface area contributed by atoms with Gasteiger partial charge in [-0.2, -0.15) is 0 Å². The number of anilines is 1. The lowest BCUT2D eigenvalue weighted by Crippen LogP contribution is -2.28. The molecule has 1 aliphatic rings. The molecule has 5 heteroatoms. The molecular formula is C29H42N2O3. The molecule has 2 rings (SSSR count). The van der Waals surface area contributed by atoms with Crippen molar-refractivity contribution >= 4 is 12.0 Å². The average Bonchev–Trinajstić information content (AvgIpc) is 2.96. The lowest BCUT2D eigenvalue weighted by molar-refractivity contribution is -0.108. The summed E-state index contributed by atoms with van der Waals surface area (Å²) in [5.74, 6) is 1.66. The number of nitrogens with one attached hydrogen (secondary N) is 2. The van der Waals surface area contributed by atoms with Crippen LogP contribution in [0.4, 0.5) is 5.69 Å². The Labute approximate surface area is 206 Å². The fourth-order valence-corrected chi connectivity index (χ4v) is 3.63. The Morgan fingerprint density at radius 3 is 2.41 bits per heavy atom. The minimum Gasteiger partial charge on any atom is -0.490 e. The predicted molar refractivity (Wildman–Crippen MR) is 141 cm³/mol. The number of ether oxygens (including phenoxy) is 2. The highest BCUT2D eigenvalue weighted by Crippen LogP contribution is 2.24. The third-order valence-electron chi connectivity index (χ3n) is 5.16. The Bertz CT molecular complexity index is 906. The molecule has 0 saturated carbocycles. The van der Waals surface area contributed by atoms with E-state index in [-0.39, 0.29) is 11.3 Å². The molecule has 0 aliphatic heterocycles. The second kappa shape index (κ2) is 13.1. The average molecular weight is 467 g/mol. The number of aldehydes is 1. The van der Waals surface area contributed by atoms with Crippen molar-refractivity contribution in [3.05, 3.63) is 77.9 Å². The van der Waals surface area contributed by atoms with E-state index in [0.717, 1.165) is 29.7 Å². The number of hydrogen-bond donors (Lipinski definition) is 2. The van der Waals surface area contributed by atoms with Crippen LogP contribution in [0, 0.1) is 17.3 Å². The van der Waals surface area contributed by atoms with E-state index >= 15 is 0 Å². The minimum atomic E-state index is -0.418. The SMILES string of the molecule is C=C(CC(C)(C)C)NCc1cccc(NC(C=O)C2C=CC(OCC)=C(OCC(C)C)C=C2)c1. The number of hydrogen-bond acceptors (Lipinski definition) is 5. The molecule has 0 amide bonds. The highest BCUT2D eigenvalue weighted by molar-refractivity contribution is 5.66. The van der Waals surface area contributed by atoms with Gasteiger partial charge in [0.2, 0.25) is 0 Å². The molecule has 0 heterocycles. The van der Waals surface area contributed by atoms with Gasteiger partial charge in [-0.3, -0.25) is 0 Å². The van der Waals surface area contributed by atoms with Crippen molar-refractivity contribution in [2.75, 3.05) is 18.5 Å². The maximum absolute atomic E-state index is 12.0. The first-order valence-corrected chi connectivity index (χ1v) is 12.2. The first-order valence-electron chi connectivity index (χ1n) is 12.2. The minimum absolute atomic E-state index is 0.138. The van der Waals surface area contributed by atoms with Crippen LogP contribution in [-0.2, 0) is 20.8 Å². The maximum Gasteiger partial charge on any atom is 0.160 e. The molecule has 0 radical (unpaired) electrons. The highest BCUT2D eigenvalue weighted by Gasteiger charge is 2.20. The van der Waals surface area contributed by atoms with Gasteiger partial charge in [0, 0.05) is 23.8 Å². The molecular weight excluding hydrogens is 424 g/mol. The van der Waals surface area contributed by atoms with Crippen molar-refractivity contribution in [1.82, 2.24) is 5.32 Å². The third-order valence-corrected chi connectivity index (χ3v) is 5.16. The number of rotatable bonds is 13. The molecule has 0 aromatic heterocycles. The fourth-order valence-electron chi connectivity index (χ4n) is 3.63. The maximum atomic E-state index is 12.0. The molecule has 1 aromatic carbocycles. The van der Waals surface area contributed by atoms with Crippen LogP contribution in [0.15, 0.2) is 72.4 Å². The van der Waals surface area contributed by atoms with Gasteiger partial charge in [-0.15, -0.1) is 0 Å². The Balaban J connectivity index is 2.07. The molecule has 2 atom stereocenters. The van der Waals surface area contributed by atoms with Crippen molar-refractivity contribution < 1.29 is 14.3 Å². The van der Waals surface area contributed by atoms with E-state index in [4.69, 9.17) is 9.47 Å². The summed E-state index contributed by atoms with van der Waals surface area (Å²) in [6.45, 7) is 18.8. The van der Waals surface area contributed by atoms with E-state index in [9.17, 15) is 4.79 Å². The zero-order valence-corrected chi connectivity index (χ0v) is 21.7. The zero-order chi connectivity index (χ0) is 25.1. The predicted octanol–water partition coefficient (Wildman–Crippen LogP) is 6.37. The van der Waals surface area contributed by atoms with E-state index in [1.165, 1.54) is 0 Å². The smallest absolute Gasteiger partial charge is 0.160 e. The van der Waals surface area contributed by atoms with Crippen LogP contribution in [0.2, 0.25) is 0 Å². The van der Waals surface area contributed by atoms with E-state index in [1.54, 1.807) is 0 Å². The summed E-state index contributed by atoms with van der Waals surface area (Å²) in [4.78, 5) is 12.0. The van der Waals surface area contributed by atoms with Crippen LogP contribution < -0.4 is 10.6 Å². The highest BCUT2D eigenvalue weighted by atomic mass is 16.5. The molecule has 5 nitrogen and oxygen atoms in total. The summed E-state index contributed by atoms with van der Waals surface area (Å²) in [6, 6.07) is 7.70. The van der Waals surface area contributed by atoms with Gasteiger partial charge in [-0.25, -0.2) is 0 Å². The molecule has 186 valence electrons. The molecule has 1 aromatic rings. The number of allylic oxidation sites excluding steroid dienone is 3. The summed E-state index contributed by atoms with van der Waals surface area (Å²) in [7, 11) is 0. The van der Waals surface area contributed by atoms with E-state index < -0.39 is 6.04 Å². The second-order valence-corrected chi connectivity index (χ2v) is 10.4. The van der Waals surface area contributed by atoms with Crippen molar-refractivity contribution in [2.24, 2.45) is 17.3 Å². The molecule has 0 saturated heterocycles. The summed E-state index contributed by atoms with van der Waals surface area (Å²) in [5.41, 5.74) is 3.25. The molecule has 2 N–H and O–H groups in total. The lowest BCUT2D eigenvalue weighted by Gasteiger charge is -2.21. The Hall–Kier alpha value is -2.95. The molecule has 1 aliphatic carbocycles. The van der Waals surface area contributed by atoms with Gasteiger partial charge in [-0.1, -0.05) is 65.5 Å². The fraction of sp³-hybridized carbons (Fsp3) is 0.483. The van der Waals surface area contributed by atoms with Gasteiger partial charge < -0.3 is 24.9 Å². The molecule has 34 heavy (non-hydrogen) atoms. The Morgan fingerprint density at radius 1 is 1.15 bits per heavy atom. The van der Waals surface area contributed by atoms with Crippen LogP contribution >= 0.6 is 0 Å². The van der Waals surface area contributed by atoms with Crippen LogP contribution in [0.25, 0.3) is 0 Å². The van der Waals surface area contributed by atoms with Crippen molar-refractivity contribution in [1.29, 1.82) is 0 Å². The number of benzene rings is 1. The molecule has 0 fully saturated rings. The van der Waals surface area contributed by atoms with Gasteiger partial charge in [0.25, 0.3) is 0 Å². The topological polar surface area (TPSA) is 59.6 Å². The van der Waals surface area contributed by atoms with Gasteiger partial charge >= 0.3 is 0 Å². The van der Waals surface area contributed by atoms with Crippen LogP contribution in [-0.4, -0.2) is 25.5 Å². The summed E-state index contributed by atoms with van der Waals surface area (Å²) in [6.07, 6.45) is 9.67. The first-order chi connectivity index (χ1) is 16.1. The van der Waals surface area contributed by atoms with E-state index in [0.29, 0.717) is 37.2 Å². The zero-order valence-electron chi connectivity index (χ0n) is 21.7. The Morgan fingerprint density at radius 2 is 1.82 bits per heavy atom. The lowest BCUT2D eigenvalue weighted by atomic mass is 9.91. The third kappa shape index (κ3) is 9.50. The monoisotopic (exact) mass is 466 g/mol. The Kier molecular flexibility index (Phi) is 10.5. The van der Waals surface area contributed by atoms with Crippen molar-refractivity contribution in [2.45, 2.75) is 60.5 Å². The first kappa shape index (κ1) is 27.3. The van der Waals surface area contributed by atoms with Gasteiger partial charge in [-0.05, 0) is 54.5 Å². The molecule has 0 spiro atoms. The van der Waals surface area contributed by atoms with Crippen LogP contribution in [0.5, 0.6) is 0 Å². The summed E-state index contributed by atoms with van der Waals surface area (Å²) < 4.78 is 11.7. The van der Waals surface area contributed by atoms with Crippen molar-refractivity contribution in [3.63, 3.8) is 0 Å². The summed E-state index contributed by atoms with van der Waals surface area (Å²) in [5, 5.41) is 6.80. The van der Waals surface area contributed by atoms with Gasteiger partial charge in [0.1, 0.15) is 6.29 Å².